The van der Waals surface area contributed by atoms with Crippen molar-refractivity contribution in [2.45, 2.75) is 31.4 Å². The van der Waals surface area contributed by atoms with Crippen molar-refractivity contribution < 1.29 is 36.6 Å². The summed E-state index contributed by atoms with van der Waals surface area (Å²) in [5.41, 5.74) is -0.0428. The smallest absolute Gasteiger partial charge is 0.359 e. The van der Waals surface area contributed by atoms with Gasteiger partial charge < -0.3 is 14.2 Å². The quantitative estimate of drug-likeness (QED) is 0.148. The Balaban J connectivity index is 1.51. The Morgan fingerprint density at radius 2 is 1.97 bits per heavy atom. The lowest BCUT2D eigenvalue weighted by molar-refractivity contribution is -0.384. The molecule has 1 aromatic heterocycles. The van der Waals surface area contributed by atoms with Crippen LogP contribution in [0.5, 0.6) is 0 Å². The van der Waals surface area contributed by atoms with E-state index >= 15 is 0 Å². The monoisotopic (exact) mass is 567 g/mol. The maximum atomic E-state index is 13.1. The number of amides is 2. The molecule has 0 saturated carbocycles. The van der Waals surface area contributed by atoms with Crippen LogP contribution in [0.2, 0.25) is 0 Å². The standard InChI is InChI=1S/C22H21N3O9S3/c1-2-37(31,32)34-16-12-36-21-18(23-17(26)10-15-4-3-9-35-15)20(27)24(21)19(16)22(28)33-11-13-5-7-14(8-6-13)25(29)30/h3-9,18,21H,2,10-12H2,1H3,(H,23,26)/t18?,21-/m1/s1. The molecule has 37 heavy (non-hydrogen) atoms. The molecule has 0 aliphatic carbocycles. The number of ether oxygens (including phenoxy) is 1. The van der Waals surface area contributed by atoms with Gasteiger partial charge in [-0.3, -0.25) is 24.6 Å². The van der Waals surface area contributed by atoms with Crippen LogP contribution in [0.4, 0.5) is 5.69 Å². The molecule has 2 amide bonds. The molecule has 4 rings (SSSR count). The van der Waals surface area contributed by atoms with Crippen LogP contribution in [0.3, 0.4) is 0 Å². The van der Waals surface area contributed by atoms with Gasteiger partial charge in [0, 0.05) is 17.0 Å². The zero-order valence-corrected chi connectivity index (χ0v) is 21.8. The number of nitrogens with one attached hydrogen (secondary N) is 1. The zero-order chi connectivity index (χ0) is 26.7. The summed E-state index contributed by atoms with van der Waals surface area (Å²) in [5, 5.41) is 14.7. The molecule has 0 bridgehead atoms. The molecular formula is C22H21N3O9S3. The number of esters is 1. The van der Waals surface area contributed by atoms with Gasteiger partial charge in [-0.1, -0.05) is 6.07 Å². The zero-order valence-electron chi connectivity index (χ0n) is 19.3. The molecule has 15 heteroatoms. The number of hydrogen-bond donors (Lipinski definition) is 1. The minimum atomic E-state index is -4.01. The average Bonchev–Trinajstić information content (AvgIpc) is 3.38. The van der Waals surface area contributed by atoms with Crippen LogP contribution >= 0.6 is 23.1 Å². The molecule has 2 aliphatic rings. The van der Waals surface area contributed by atoms with Gasteiger partial charge in [-0.05, 0) is 36.1 Å². The number of non-ortho nitro benzene ring substituents is 1. The van der Waals surface area contributed by atoms with Crippen molar-refractivity contribution in [3.63, 3.8) is 0 Å². The van der Waals surface area contributed by atoms with Crippen molar-refractivity contribution in [1.82, 2.24) is 10.2 Å². The molecule has 0 spiro atoms. The van der Waals surface area contributed by atoms with E-state index in [1.807, 2.05) is 11.4 Å². The Labute approximate surface area is 219 Å². The van der Waals surface area contributed by atoms with Crippen LogP contribution in [0.15, 0.2) is 53.2 Å². The normalized spacial score (nSPS) is 19.1. The molecule has 12 nitrogen and oxygen atoms in total. The first kappa shape index (κ1) is 26.6. The number of benzene rings is 1. The minimum absolute atomic E-state index is 0.0487. The summed E-state index contributed by atoms with van der Waals surface area (Å²) in [7, 11) is -4.01. The van der Waals surface area contributed by atoms with E-state index in [-0.39, 0.29) is 47.6 Å². The Bertz CT molecular complexity index is 1360. The topological polar surface area (TPSA) is 162 Å². The van der Waals surface area contributed by atoms with E-state index in [2.05, 4.69) is 5.32 Å². The summed E-state index contributed by atoms with van der Waals surface area (Å²) in [6.45, 7) is 1.09. The van der Waals surface area contributed by atoms with Crippen molar-refractivity contribution in [3.8, 4) is 0 Å². The van der Waals surface area contributed by atoms with Gasteiger partial charge in [0.2, 0.25) is 5.91 Å². The Morgan fingerprint density at radius 1 is 1.24 bits per heavy atom. The highest BCUT2D eigenvalue weighted by Crippen LogP contribution is 2.41. The number of hydrogen-bond acceptors (Lipinski definition) is 11. The number of carbonyl (C=O) groups excluding carboxylic acids is 3. The van der Waals surface area contributed by atoms with Crippen molar-refractivity contribution >= 4 is 56.7 Å². The fourth-order valence-corrected chi connectivity index (χ4v) is 6.18. The number of nitro benzene ring substituents is 1. The molecule has 3 heterocycles. The third kappa shape index (κ3) is 5.94. The summed E-state index contributed by atoms with van der Waals surface area (Å²) < 4.78 is 34.7. The van der Waals surface area contributed by atoms with Gasteiger partial charge in [-0.25, -0.2) is 4.79 Å². The highest BCUT2D eigenvalue weighted by Gasteiger charge is 2.55. The van der Waals surface area contributed by atoms with Crippen molar-refractivity contribution in [2.75, 3.05) is 11.5 Å². The number of carbonyl (C=O) groups is 3. The van der Waals surface area contributed by atoms with E-state index in [0.717, 1.165) is 21.5 Å². The number of nitrogens with zero attached hydrogens (tertiary/aromatic N) is 2. The van der Waals surface area contributed by atoms with Gasteiger partial charge in [-0.2, -0.15) is 8.42 Å². The highest BCUT2D eigenvalue weighted by molar-refractivity contribution is 8.00. The largest absolute Gasteiger partial charge is 0.456 e. The fraction of sp³-hybridized carbons (Fsp3) is 0.318. The van der Waals surface area contributed by atoms with E-state index in [4.69, 9.17) is 8.92 Å². The molecule has 1 saturated heterocycles. The molecule has 1 unspecified atom stereocenters. The summed E-state index contributed by atoms with van der Waals surface area (Å²) >= 11 is 2.56. The number of rotatable bonds is 10. The third-order valence-electron chi connectivity index (χ3n) is 5.46. The maximum absolute atomic E-state index is 13.1. The molecule has 2 aromatic rings. The fourth-order valence-electron chi connectivity index (χ4n) is 3.58. The summed E-state index contributed by atoms with van der Waals surface area (Å²) in [6.07, 6.45) is 0.0991. The van der Waals surface area contributed by atoms with Gasteiger partial charge in [0.25, 0.3) is 11.6 Å². The first-order valence-electron chi connectivity index (χ1n) is 10.9. The summed E-state index contributed by atoms with van der Waals surface area (Å²) in [5.74, 6) is -2.61. The third-order valence-corrected chi connectivity index (χ3v) is 8.75. The number of nitro groups is 1. The van der Waals surface area contributed by atoms with Crippen LogP contribution < -0.4 is 5.32 Å². The maximum Gasteiger partial charge on any atom is 0.359 e. The predicted molar refractivity (Wildman–Crippen MR) is 134 cm³/mol. The molecule has 196 valence electrons. The molecular weight excluding hydrogens is 546 g/mol. The van der Waals surface area contributed by atoms with Crippen LogP contribution in [0.25, 0.3) is 0 Å². The van der Waals surface area contributed by atoms with Crippen LogP contribution in [0, 0.1) is 10.1 Å². The SMILES string of the molecule is CCS(=O)(=O)OC1=C(C(=O)OCc2ccc([N+](=O)[O-])cc2)N2C(=O)C(NC(=O)Cc3cccs3)[C@H]2SC1. The Hall–Kier alpha value is -3.43. The van der Waals surface area contributed by atoms with Crippen LogP contribution in [-0.4, -0.2) is 58.9 Å². The summed E-state index contributed by atoms with van der Waals surface area (Å²) in [4.78, 5) is 50.6. The lowest BCUT2D eigenvalue weighted by Gasteiger charge is -2.49. The number of fused-ring (bicyclic) bond motifs is 1. The van der Waals surface area contributed by atoms with Gasteiger partial charge in [0.15, 0.2) is 11.5 Å². The van der Waals surface area contributed by atoms with E-state index in [9.17, 15) is 32.9 Å². The molecule has 0 radical (unpaired) electrons. The second-order valence-corrected chi connectivity index (χ2v) is 11.9. The molecule has 1 N–H and O–H groups in total. The molecule has 1 aromatic carbocycles. The average molecular weight is 568 g/mol. The van der Waals surface area contributed by atoms with E-state index < -0.39 is 38.3 Å². The Kier molecular flexibility index (Phi) is 7.85. The van der Waals surface area contributed by atoms with Gasteiger partial charge >= 0.3 is 16.1 Å². The first-order valence-corrected chi connectivity index (χ1v) is 14.4. The van der Waals surface area contributed by atoms with E-state index in [1.165, 1.54) is 42.5 Å². The van der Waals surface area contributed by atoms with E-state index in [1.54, 1.807) is 6.07 Å². The Morgan fingerprint density at radius 3 is 2.59 bits per heavy atom. The number of thioether (sulfide) groups is 1. The first-order chi connectivity index (χ1) is 17.6. The highest BCUT2D eigenvalue weighted by atomic mass is 32.2. The molecule has 1 fully saturated rings. The second-order valence-electron chi connectivity index (χ2n) is 7.91. The van der Waals surface area contributed by atoms with Crippen LogP contribution in [0.1, 0.15) is 17.4 Å². The second kappa shape index (κ2) is 10.9. The number of β-lactam (4-membered cyclic amide) rings is 1. The van der Waals surface area contributed by atoms with Crippen molar-refractivity contribution in [3.05, 3.63) is 73.8 Å². The van der Waals surface area contributed by atoms with Gasteiger partial charge in [0.1, 0.15) is 18.0 Å². The minimum Gasteiger partial charge on any atom is -0.456 e. The van der Waals surface area contributed by atoms with Crippen molar-refractivity contribution in [1.29, 1.82) is 0 Å². The van der Waals surface area contributed by atoms with Gasteiger partial charge in [-0.15, -0.1) is 23.1 Å². The summed E-state index contributed by atoms with van der Waals surface area (Å²) in [6, 6.07) is 8.03. The van der Waals surface area contributed by atoms with Crippen LogP contribution in [-0.2, 0) is 46.4 Å². The molecule has 2 atom stereocenters. The van der Waals surface area contributed by atoms with Gasteiger partial charge in [0.05, 0.1) is 22.8 Å². The molecule has 2 aliphatic heterocycles. The van der Waals surface area contributed by atoms with E-state index in [0.29, 0.717) is 5.56 Å². The predicted octanol–water partition coefficient (Wildman–Crippen LogP) is 1.92. The van der Waals surface area contributed by atoms with Crippen molar-refractivity contribution in [2.24, 2.45) is 0 Å². The lowest BCUT2D eigenvalue weighted by Crippen LogP contribution is -2.70. The lowest BCUT2D eigenvalue weighted by atomic mass is 10.0. The number of thiophene rings is 1.